The topological polar surface area (TPSA) is 65.5 Å². The number of thioether (sulfide) groups is 1. The Morgan fingerprint density at radius 3 is 2.48 bits per heavy atom. The molecular weight excluding hydrogens is 447 g/mol. The lowest BCUT2D eigenvalue weighted by molar-refractivity contribution is -0.121. The normalized spacial score (nSPS) is 24.5. The maximum absolute atomic E-state index is 12.1. The van der Waals surface area contributed by atoms with Crippen LogP contribution in [-0.4, -0.2) is 48.5 Å². The average Bonchev–Trinajstić information content (AvgIpc) is 3.03. The predicted molar refractivity (Wildman–Crippen MR) is 119 cm³/mol. The predicted octanol–water partition coefficient (Wildman–Crippen LogP) is 3.28. The number of carbonyl (C=O) groups is 1. The van der Waals surface area contributed by atoms with Gasteiger partial charge in [0, 0.05) is 30.3 Å². The molecule has 2 atom stereocenters. The SMILES string of the molecule is CCNC(=NCCC(=O)NC1CCCCC1)NC1CCC(SC)C1.I. The van der Waals surface area contributed by atoms with Crippen molar-refractivity contribution in [1.29, 1.82) is 0 Å². The molecule has 2 aliphatic rings. The third-order valence-corrected chi connectivity index (χ3v) is 6.08. The van der Waals surface area contributed by atoms with Crippen LogP contribution in [0.25, 0.3) is 0 Å². The third kappa shape index (κ3) is 8.84. The van der Waals surface area contributed by atoms with Crippen molar-refractivity contribution in [2.75, 3.05) is 19.3 Å². The van der Waals surface area contributed by atoms with Gasteiger partial charge in [-0.15, -0.1) is 24.0 Å². The summed E-state index contributed by atoms with van der Waals surface area (Å²) in [4.78, 5) is 16.6. The van der Waals surface area contributed by atoms with Crippen LogP contribution in [0, 0.1) is 0 Å². The largest absolute Gasteiger partial charge is 0.357 e. The quantitative estimate of drug-likeness (QED) is 0.296. The van der Waals surface area contributed by atoms with Crippen LogP contribution in [0.3, 0.4) is 0 Å². The van der Waals surface area contributed by atoms with Gasteiger partial charge in [-0.2, -0.15) is 11.8 Å². The first kappa shape index (κ1) is 22.9. The number of hydrogen-bond donors (Lipinski definition) is 3. The van der Waals surface area contributed by atoms with Crippen molar-refractivity contribution in [2.24, 2.45) is 4.99 Å². The van der Waals surface area contributed by atoms with E-state index in [-0.39, 0.29) is 29.9 Å². The van der Waals surface area contributed by atoms with E-state index in [9.17, 15) is 4.79 Å². The van der Waals surface area contributed by atoms with Crippen LogP contribution in [0.4, 0.5) is 0 Å². The highest BCUT2D eigenvalue weighted by atomic mass is 127. The molecular formula is C18H35IN4OS. The van der Waals surface area contributed by atoms with Crippen molar-refractivity contribution in [3.63, 3.8) is 0 Å². The Balaban J connectivity index is 0.00000312. The number of nitrogens with zero attached hydrogens (tertiary/aromatic N) is 1. The Labute approximate surface area is 174 Å². The van der Waals surface area contributed by atoms with Crippen LogP contribution in [0.15, 0.2) is 4.99 Å². The molecule has 7 heteroatoms. The number of carbonyl (C=O) groups excluding carboxylic acids is 1. The molecule has 2 aliphatic carbocycles. The second-order valence-electron chi connectivity index (χ2n) is 6.93. The molecule has 3 N–H and O–H groups in total. The van der Waals surface area contributed by atoms with E-state index in [0.29, 0.717) is 25.0 Å². The second-order valence-corrected chi connectivity index (χ2v) is 8.06. The van der Waals surface area contributed by atoms with Gasteiger partial charge >= 0.3 is 0 Å². The van der Waals surface area contributed by atoms with E-state index in [0.717, 1.165) is 30.6 Å². The van der Waals surface area contributed by atoms with E-state index < -0.39 is 0 Å². The lowest BCUT2D eigenvalue weighted by atomic mass is 9.95. The van der Waals surface area contributed by atoms with E-state index in [4.69, 9.17) is 0 Å². The van der Waals surface area contributed by atoms with E-state index in [1.54, 1.807) is 0 Å². The highest BCUT2D eigenvalue weighted by molar-refractivity contribution is 14.0. The Morgan fingerprint density at radius 2 is 1.84 bits per heavy atom. The number of nitrogens with one attached hydrogen (secondary N) is 3. The molecule has 0 bridgehead atoms. The molecule has 2 rings (SSSR count). The number of aliphatic imine (C=N–C) groups is 1. The van der Waals surface area contributed by atoms with E-state index in [1.165, 1.54) is 38.5 Å². The van der Waals surface area contributed by atoms with Gasteiger partial charge in [-0.25, -0.2) is 0 Å². The number of halogens is 1. The zero-order valence-electron chi connectivity index (χ0n) is 15.7. The molecule has 5 nitrogen and oxygen atoms in total. The summed E-state index contributed by atoms with van der Waals surface area (Å²) in [7, 11) is 0. The van der Waals surface area contributed by atoms with Crippen LogP contribution < -0.4 is 16.0 Å². The van der Waals surface area contributed by atoms with E-state index in [1.807, 2.05) is 11.8 Å². The first-order chi connectivity index (χ1) is 11.7. The lowest BCUT2D eigenvalue weighted by Crippen LogP contribution is -2.43. The minimum atomic E-state index is 0. The van der Waals surface area contributed by atoms with Gasteiger partial charge in [0.15, 0.2) is 5.96 Å². The Morgan fingerprint density at radius 1 is 1.08 bits per heavy atom. The van der Waals surface area contributed by atoms with Crippen molar-refractivity contribution >= 4 is 47.6 Å². The van der Waals surface area contributed by atoms with Crippen LogP contribution >= 0.6 is 35.7 Å². The first-order valence-corrected chi connectivity index (χ1v) is 10.9. The van der Waals surface area contributed by atoms with Gasteiger partial charge in [-0.3, -0.25) is 9.79 Å². The highest BCUT2D eigenvalue weighted by Gasteiger charge is 2.24. The standard InChI is InChI=1S/C18H34N4OS.HI/c1-3-19-18(22-15-9-10-16(13-15)24-2)20-12-11-17(23)21-14-7-5-4-6-8-14;/h14-16H,3-13H2,1-2H3,(H,21,23)(H2,19,20,22);1H. The number of guanidine groups is 1. The molecule has 0 radical (unpaired) electrons. The molecule has 2 fully saturated rings. The second kappa shape index (κ2) is 13.1. The summed E-state index contributed by atoms with van der Waals surface area (Å²) in [5.41, 5.74) is 0. The molecule has 0 aromatic carbocycles. The van der Waals surface area contributed by atoms with Crippen molar-refractivity contribution < 1.29 is 4.79 Å². The van der Waals surface area contributed by atoms with Crippen molar-refractivity contribution in [3.8, 4) is 0 Å². The summed E-state index contributed by atoms with van der Waals surface area (Å²) in [6.45, 7) is 3.47. The molecule has 0 heterocycles. The number of rotatable bonds is 7. The summed E-state index contributed by atoms with van der Waals surface area (Å²) in [5.74, 6) is 1.000. The van der Waals surface area contributed by atoms with Gasteiger partial charge < -0.3 is 16.0 Å². The van der Waals surface area contributed by atoms with Gasteiger partial charge in [-0.1, -0.05) is 19.3 Å². The smallest absolute Gasteiger partial charge is 0.222 e. The summed E-state index contributed by atoms with van der Waals surface area (Å²) in [5, 5.41) is 10.8. The lowest BCUT2D eigenvalue weighted by Gasteiger charge is -2.22. The fraction of sp³-hybridized carbons (Fsp3) is 0.889. The molecule has 25 heavy (non-hydrogen) atoms. The minimum absolute atomic E-state index is 0. The fourth-order valence-electron chi connectivity index (χ4n) is 3.61. The molecule has 1 amide bonds. The summed E-state index contributed by atoms with van der Waals surface area (Å²) < 4.78 is 0. The average molecular weight is 482 g/mol. The molecule has 2 saturated carbocycles. The molecule has 0 aromatic heterocycles. The summed E-state index contributed by atoms with van der Waals surface area (Å²) in [6, 6.07) is 0.903. The zero-order chi connectivity index (χ0) is 17.2. The van der Waals surface area contributed by atoms with Gasteiger partial charge in [-0.05, 0) is 45.3 Å². The van der Waals surface area contributed by atoms with E-state index in [2.05, 4.69) is 34.1 Å². The van der Waals surface area contributed by atoms with Crippen molar-refractivity contribution in [1.82, 2.24) is 16.0 Å². The molecule has 0 aliphatic heterocycles. The van der Waals surface area contributed by atoms with Gasteiger partial charge in [0.1, 0.15) is 0 Å². The Bertz CT molecular complexity index is 416. The van der Waals surface area contributed by atoms with Crippen LogP contribution in [0.1, 0.15) is 64.7 Å². The molecule has 0 aromatic rings. The highest BCUT2D eigenvalue weighted by Crippen LogP contribution is 2.28. The van der Waals surface area contributed by atoms with Crippen LogP contribution in [0.5, 0.6) is 0 Å². The van der Waals surface area contributed by atoms with Crippen LogP contribution in [0.2, 0.25) is 0 Å². The van der Waals surface area contributed by atoms with Crippen LogP contribution in [-0.2, 0) is 4.79 Å². The number of hydrogen-bond acceptors (Lipinski definition) is 3. The minimum Gasteiger partial charge on any atom is -0.357 e. The maximum Gasteiger partial charge on any atom is 0.222 e. The summed E-state index contributed by atoms with van der Waals surface area (Å²) >= 11 is 1.96. The molecule has 146 valence electrons. The molecule has 0 saturated heterocycles. The van der Waals surface area contributed by atoms with Gasteiger partial charge in [0.25, 0.3) is 0 Å². The Hall–Kier alpha value is -0.180. The fourth-order valence-corrected chi connectivity index (χ4v) is 4.41. The first-order valence-electron chi connectivity index (χ1n) is 9.58. The number of amides is 1. The van der Waals surface area contributed by atoms with Gasteiger partial charge in [0.2, 0.25) is 5.91 Å². The Kier molecular flexibility index (Phi) is 11.9. The van der Waals surface area contributed by atoms with Crippen molar-refractivity contribution in [2.45, 2.75) is 82.0 Å². The molecule has 0 spiro atoms. The van der Waals surface area contributed by atoms with Gasteiger partial charge in [0.05, 0.1) is 6.54 Å². The monoisotopic (exact) mass is 482 g/mol. The van der Waals surface area contributed by atoms with E-state index >= 15 is 0 Å². The van der Waals surface area contributed by atoms with Crippen molar-refractivity contribution in [3.05, 3.63) is 0 Å². The zero-order valence-corrected chi connectivity index (χ0v) is 18.8. The molecule has 2 unspecified atom stereocenters. The maximum atomic E-state index is 12.1. The summed E-state index contributed by atoms with van der Waals surface area (Å²) in [6.07, 6.45) is 12.4. The third-order valence-electron chi connectivity index (χ3n) is 4.98.